The summed E-state index contributed by atoms with van der Waals surface area (Å²) in [4.78, 5) is 23.4. The second kappa shape index (κ2) is 6.94. The second-order valence-corrected chi connectivity index (χ2v) is 5.44. The smallest absolute Gasteiger partial charge is 0.325 e. The van der Waals surface area contributed by atoms with Crippen molar-refractivity contribution in [1.82, 2.24) is 9.78 Å². The number of amides is 1. The number of aliphatic carboxylic acids is 1. The fourth-order valence-corrected chi connectivity index (χ4v) is 2.54. The Morgan fingerprint density at radius 2 is 2.14 bits per heavy atom. The molecule has 0 spiro atoms. The summed E-state index contributed by atoms with van der Waals surface area (Å²) in [5.41, 5.74) is 1.62. The Morgan fingerprint density at radius 3 is 2.86 bits per heavy atom. The lowest BCUT2D eigenvalue weighted by Crippen LogP contribution is -2.14. The summed E-state index contributed by atoms with van der Waals surface area (Å²) < 4.78 is 1.26. The third-order valence-electron chi connectivity index (χ3n) is 2.67. The Bertz CT molecular complexity index is 654. The SMILES string of the molecule is Cc1ccccc1SCC(=O)Nc1cnn(CC(=O)O)c1. The molecule has 0 bridgehead atoms. The molecule has 0 saturated carbocycles. The molecule has 0 aliphatic carbocycles. The molecule has 7 heteroatoms. The first-order valence-corrected chi connectivity index (χ1v) is 7.25. The zero-order chi connectivity index (χ0) is 15.2. The number of hydrogen-bond acceptors (Lipinski definition) is 4. The Kier molecular flexibility index (Phi) is 4.99. The van der Waals surface area contributed by atoms with Crippen molar-refractivity contribution in [2.24, 2.45) is 0 Å². The number of rotatable bonds is 6. The van der Waals surface area contributed by atoms with Crippen LogP contribution < -0.4 is 5.32 Å². The predicted octanol–water partition coefficient (Wildman–Crippen LogP) is 2.01. The van der Waals surface area contributed by atoms with Gasteiger partial charge in [-0.05, 0) is 18.6 Å². The van der Waals surface area contributed by atoms with Gasteiger partial charge in [0.05, 0.1) is 17.6 Å². The van der Waals surface area contributed by atoms with Crippen LogP contribution >= 0.6 is 11.8 Å². The predicted molar refractivity (Wildman–Crippen MR) is 80.4 cm³/mol. The maximum atomic E-state index is 11.8. The van der Waals surface area contributed by atoms with Crippen LogP contribution in [0.2, 0.25) is 0 Å². The van der Waals surface area contributed by atoms with Gasteiger partial charge in [-0.25, -0.2) is 0 Å². The number of carbonyl (C=O) groups is 2. The summed E-state index contributed by atoms with van der Waals surface area (Å²) in [6.07, 6.45) is 2.92. The third-order valence-corrected chi connectivity index (χ3v) is 3.84. The van der Waals surface area contributed by atoms with Crippen molar-refractivity contribution in [2.75, 3.05) is 11.1 Å². The molecule has 0 unspecified atom stereocenters. The van der Waals surface area contributed by atoms with Crippen LogP contribution in [0, 0.1) is 6.92 Å². The highest BCUT2D eigenvalue weighted by molar-refractivity contribution is 8.00. The molecule has 1 heterocycles. The fourth-order valence-electron chi connectivity index (χ4n) is 1.71. The van der Waals surface area contributed by atoms with E-state index in [1.807, 2.05) is 31.2 Å². The molecule has 0 aliphatic heterocycles. The summed E-state index contributed by atoms with van der Waals surface area (Å²) in [6, 6.07) is 7.85. The van der Waals surface area contributed by atoms with Crippen molar-refractivity contribution >= 4 is 29.3 Å². The van der Waals surface area contributed by atoms with E-state index in [1.165, 1.54) is 28.8 Å². The maximum absolute atomic E-state index is 11.8. The highest BCUT2D eigenvalue weighted by Crippen LogP contribution is 2.21. The van der Waals surface area contributed by atoms with Crippen LogP contribution in [0.4, 0.5) is 5.69 Å². The van der Waals surface area contributed by atoms with Crippen LogP contribution in [0.3, 0.4) is 0 Å². The first-order valence-electron chi connectivity index (χ1n) is 6.27. The van der Waals surface area contributed by atoms with Gasteiger partial charge in [0.1, 0.15) is 6.54 Å². The van der Waals surface area contributed by atoms with E-state index in [2.05, 4.69) is 10.4 Å². The van der Waals surface area contributed by atoms with Crippen molar-refractivity contribution in [2.45, 2.75) is 18.4 Å². The molecule has 0 atom stereocenters. The van der Waals surface area contributed by atoms with Crippen LogP contribution in [0.1, 0.15) is 5.56 Å². The van der Waals surface area contributed by atoms with Crippen LogP contribution in [0.25, 0.3) is 0 Å². The molecule has 2 aromatic rings. The molecular weight excluding hydrogens is 290 g/mol. The normalized spacial score (nSPS) is 10.3. The molecule has 2 N–H and O–H groups in total. The van der Waals surface area contributed by atoms with E-state index in [9.17, 15) is 9.59 Å². The van der Waals surface area contributed by atoms with Gasteiger partial charge in [-0.15, -0.1) is 11.8 Å². The minimum absolute atomic E-state index is 0.155. The Labute approximate surface area is 126 Å². The number of benzene rings is 1. The quantitative estimate of drug-likeness (QED) is 0.798. The standard InChI is InChI=1S/C14H15N3O3S/c1-10-4-2-3-5-12(10)21-9-13(18)16-11-6-15-17(7-11)8-14(19)20/h2-7H,8-9H2,1H3,(H,16,18)(H,19,20). The van der Waals surface area contributed by atoms with Crippen LogP contribution in [-0.2, 0) is 16.1 Å². The van der Waals surface area contributed by atoms with Crippen molar-refractivity contribution in [3.8, 4) is 0 Å². The highest BCUT2D eigenvalue weighted by Gasteiger charge is 2.07. The topological polar surface area (TPSA) is 84.2 Å². The molecule has 2 rings (SSSR count). The monoisotopic (exact) mass is 305 g/mol. The number of anilines is 1. The molecule has 1 aromatic heterocycles. The number of carboxylic acids is 1. The number of aromatic nitrogens is 2. The van der Waals surface area contributed by atoms with Crippen LogP contribution in [0.5, 0.6) is 0 Å². The summed E-state index contributed by atoms with van der Waals surface area (Å²) in [5, 5.41) is 15.2. The van der Waals surface area contributed by atoms with Gasteiger partial charge in [-0.3, -0.25) is 14.3 Å². The van der Waals surface area contributed by atoms with Gasteiger partial charge in [0, 0.05) is 11.1 Å². The fraction of sp³-hybridized carbons (Fsp3) is 0.214. The van der Waals surface area contributed by atoms with E-state index in [0.717, 1.165) is 10.5 Å². The van der Waals surface area contributed by atoms with Gasteiger partial charge in [0.15, 0.2) is 0 Å². The van der Waals surface area contributed by atoms with E-state index >= 15 is 0 Å². The van der Waals surface area contributed by atoms with Crippen molar-refractivity contribution in [3.63, 3.8) is 0 Å². The van der Waals surface area contributed by atoms with Gasteiger partial charge in [-0.1, -0.05) is 18.2 Å². The number of carbonyl (C=O) groups excluding carboxylic acids is 1. The van der Waals surface area contributed by atoms with Crippen molar-refractivity contribution < 1.29 is 14.7 Å². The molecule has 1 amide bonds. The molecule has 1 aromatic carbocycles. The van der Waals surface area contributed by atoms with Crippen molar-refractivity contribution in [3.05, 3.63) is 42.2 Å². The lowest BCUT2D eigenvalue weighted by molar-refractivity contribution is -0.137. The Balaban J connectivity index is 1.86. The Hall–Kier alpha value is -2.28. The average molecular weight is 305 g/mol. The lowest BCUT2D eigenvalue weighted by Gasteiger charge is -2.05. The number of carboxylic acid groups (broad SMARTS) is 1. The Morgan fingerprint density at radius 1 is 1.38 bits per heavy atom. The van der Waals surface area contributed by atoms with Gasteiger partial charge < -0.3 is 10.4 Å². The largest absolute Gasteiger partial charge is 0.480 e. The summed E-state index contributed by atoms with van der Waals surface area (Å²) in [5.74, 6) is -0.848. The first-order chi connectivity index (χ1) is 10.0. The van der Waals surface area contributed by atoms with E-state index in [0.29, 0.717) is 5.69 Å². The number of thioether (sulfide) groups is 1. The summed E-state index contributed by atoms with van der Waals surface area (Å²) in [6.45, 7) is 1.77. The van der Waals surface area contributed by atoms with Gasteiger partial charge in [0.25, 0.3) is 0 Å². The molecule has 110 valence electrons. The van der Waals surface area contributed by atoms with E-state index in [4.69, 9.17) is 5.11 Å². The van der Waals surface area contributed by atoms with Gasteiger partial charge >= 0.3 is 5.97 Å². The minimum atomic E-state index is -0.980. The zero-order valence-corrected chi connectivity index (χ0v) is 12.3. The number of nitrogens with zero attached hydrogens (tertiary/aromatic N) is 2. The highest BCUT2D eigenvalue weighted by atomic mass is 32.2. The zero-order valence-electron chi connectivity index (χ0n) is 11.4. The molecular formula is C14H15N3O3S. The first kappa shape index (κ1) is 15.1. The molecule has 6 nitrogen and oxygen atoms in total. The third kappa shape index (κ3) is 4.64. The number of hydrogen-bond donors (Lipinski definition) is 2. The molecule has 0 aliphatic rings. The molecule has 0 radical (unpaired) electrons. The minimum Gasteiger partial charge on any atom is -0.480 e. The number of aryl methyl sites for hydroxylation is 1. The van der Waals surface area contributed by atoms with E-state index in [-0.39, 0.29) is 18.2 Å². The van der Waals surface area contributed by atoms with E-state index < -0.39 is 5.97 Å². The second-order valence-electron chi connectivity index (χ2n) is 4.42. The van der Waals surface area contributed by atoms with Gasteiger partial charge in [-0.2, -0.15) is 5.10 Å². The van der Waals surface area contributed by atoms with Gasteiger partial charge in [0.2, 0.25) is 5.91 Å². The van der Waals surface area contributed by atoms with E-state index in [1.54, 1.807) is 0 Å². The molecule has 0 fully saturated rings. The lowest BCUT2D eigenvalue weighted by atomic mass is 10.2. The summed E-state index contributed by atoms with van der Waals surface area (Å²) in [7, 11) is 0. The van der Waals surface area contributed by atoms with Crippen LogP contribution in [0.15, 0.2) is 41.6 Å². The average Bonchev–Trinajstić information content (AvgIpc) is 2.84. The summed E-state index contributed by atoms with van der Waals surface area (Å²) >= 11 is 1.46. The number of nitrogens with one attached hydrogen (secondary N) is 1. The van der Waals surface area contributed by atoms with Crippen molar-refractivity contribution in [1.29, 1.82) is 0 Å². The maximum Gasteiger partial charge on any atom is 0.325 e. The molecule has 0 saturated heterocycles. The van der Waals surface area contributed by atoms with Crippen LogP contribution in [-0.4, -0.2) is 32.5 Å². The molecule has 21 heavy (non-hydrogen) atoms.